The average Bonchev–Trinajstić information content (AvgIpc) is 2.90. The first-order valence-corrected chi connectivity index (χ1v) is 5.61. The molecule has 2 heterocycles. The molecular formula is C10H14FN7. The number of alkyl halides is 1. The molecule has 0 aliphatic carbocycles. The molecule has 0 amide bonds. The molecule has 0 atom stereocenters. The van der Waals surface area contributed by atoms with E-state index in [4.69, 9.17) is 0 Å². The van der Waals surface area contributed by atoms with Gasteiger partial charge in [0, 0.05) is 25.5 Å². The number of anilines is 2. The molecule has 0 bridgehead atoms. The number of halogens is 1. The molecule has 0 fully saturated rings. The second kappa shape index (κ2) is 5.89. The molecule has 2 rings (SSSR count). The zero-order chi connectivity index (χ0) is 12.8. The summed E-state index contributed by atoms with van der Waals surface area (Å²) in [6.45, 7) is 2.31. The lowest BCUT2D eigenvalue weighted by Crippen LogP contribution is -2.13. The van der Waals surface area contributed by atoms with Gasteiger partial charge in [-0.3, -0.25) is 4.57 Å². The Labute approximate surface area is 104 Å². The molecule has 96 valence electrons. The van der Waals surface area contributed by atoms with Crippen molar-refractivity contribution in [1.82, 2.24) is 24.5 Å². The maximum atomic E-state index is 12.1. The van der Waals surface area contributed by atoms with Gasteiger partial charge in [-0.1, -0.05) is 0 Å². The van der Waals surface area contributed by atoms with Crippen LogP contribution in [0.15, 0.2) is 18.7 Å². The predicted octanol–water partition coefficient (Wildman–Crippen LogP) is 0.870. The predicted molar refractivity (Wildman–Crippen MR) is 65.6 cm³/mol. The number of imidazole rings is 1. The van der Waals surface area contributed by atoms with Gasteiger partial charge in [0.1, 0.15) is 13.0 Å². The van der Waals surface area contributed by atoms with E-state index in [1.165, 1.54) is 0 Å². The van der Waals surface area contributed by atoms with E-state index in [9.17, 15) is 4.39 Å². The first-order chi connectivity index (χ1) is 8.83. The molecule has 2 aromatic rings. The number of hydrogen-bond donors (Lipinski definition) is 2. The van der Waals surface area contributed by atoms with Gasteiger partial charge in [0.15, 0.2) is 0 Å². The fraction of sp³-hybridized carbons (Fsp3) is 0.400. The smallest absolute Gasteiger partial charge is 0.241 e. The van der Waals surface area contributed by atoms with Gasteiger partial charge in [0.05, 0.1) is 0 Å². The molecule has 0 spiro atoms. The van der Waals surface area contributed by atoms with Gasteiger partial charge < -0.3 is 10.6 Å². The van der Waals surface area contributed by atoms with E-state index in [-0.39, 0.29) is 6.54 Å². The average molecular weight is 251 g/mol. The Bertz CT molecular complexity index is 485. The first kappa shape index (κ1) is 12.2. The Morgan fingerprint density at radius 3 is 2.61 bits per heavy atom. The number of hydrogen-bond acceptors (Lipinski definition) is 6. The van der Waals surface area contributed by atoms with Crippen LogP contribution < -0.4 is 10.6 Å². The van der Waals surface area contributed by atoms with E-state index < -0.39 is 6.67 Å². The molecule has 2 N–H and O–H groups in total. The summed E-state index contributed by atoms with van der Waals surface area (Å²) >= 11 is 0. The van der Waals surface area contributed by atoms with Gasteiger partial charge in [-0.2, -0.15) is 15.0 Å². The highest BCUT2D eigenvalue weighted by atomic mass is 19.1. The molecule has 0 aromatic carbocycles. The summed E-state index contributed by atoms with van der Waals surface area (Å²) in [6.07, 6.45) is 4.94. The highest BCUT2D eigenvalue weighted by Crippen LogP contribution is 2.08. The third-order valence-corrected chi connectivity index (χ3v) is 2.07. The lowest BCUT2D eigenvalue weighted by atomic mass is 10.6. The summed E-state index contributed by atoms with van der Waals surface area (Å²) in [5.41, 5.74) is 0. The summed E-state index contributed by atoms with van der Waals surface area (Å²) in [5.74, 6) is 1.21. The number of nitrogens with one attached hydrogen (secondary N) is 2. The van der Waals surface area contributed by atoms with Crippen molar-refractivity contribution < 1.29 is 4.39 Å². The summed E-state index contributed by atoms with van der Waals surface area (Å²) in [5, 5.41) is 5.78. The molecule has 8 heteroatoms. The molecule has 0 saturated carbocycles. The van der Waals surface area contributed by atoms with Gasteiger partial charge in [0.2, 0.25) is 17.8 Å². The highest BCUT2D eigenvalue weighted by Gasteiger charge is 2.07. The summed E-state index contributed by atoms with van der Waals surface area (Å²) in [6, 6.07) is 0. The summed E-state index contributed by atoms with van der Waals surface area (Å²) in [7, 11) is 0. The van der Waals surface area contributed by atoms with Gasteiger partial charge in [-0.25, -0.2) is 9.37 Å². The standard InChI is InChI=1S/C10H14FN7/c1-2-13-8-15-9(14-4-3-11)17-10(16-8)18-6-5-12-7-18/h5-7H,2-4H2,1H3,(H2,13,14,15,16,17). The number of aromatic nitrogens is 5. The van der Waals surface area contributed by atoms with E-state index in [2.05, 4.69) is 30.6 Å². The van der Waals surface area contributed by atoms with Crippen molar-refractivity contribution in [1.29, 1.82) is 0 Å². The second-order valence-corrected chi connectivity index (χ2v) is 3.40. The number of rotatable bonds is 6. The topological polar surface area (TPSA) is 80.5 Å². The molecule has 0 aliphatic rings. The molecule has 0 saturated heterocycles. The Morgan fingerprint density at radius 1 is 1.22 bits per heavy atom. The maximum absolute atomic E-state index is 12.1. The Kier molecular flexibility index (Phi) is 4.00. The SMILES string of the molecule is CCNc1nc(NCCF)nc(-n2ccnc2)n1. The number of nitrogens with zero attached hydrogens (tertiary/aromatic N) is 5. The van der Waals surface area contributed by atoms with Crippen LogP contribution in [0.4, 0.5) is 16.3 Å². The van der Waals surface area contributed by atoms with Crippen LogP contribution in [0.1, 0.15) is 6.92 Å². The minimum atomic E-state index is -0.484. The van der Waals surface area contributed by atoms with E-state index in [0.717, 1.165) is 0 Å². The van der Waals surface area contributed by atoms with Crippen molar-refractivity contribution in [2.75, 3.05) is 30.4 Å². The molecule has 0 aliphatic heterocycles. The van der Waals surface area contributed by atoms with Gasteiger partial charge in [-0.05, 0) is 6.92 Å². The van der Waals surface area contributed by atoms with Crippen LogP contribution in [-0.2, 0) is 0 Å². The third-order valence-electron chi connectivity index (χ3n) is 2.07. The van der Waals surface area contributed by atoms with Crippen LogP contribution in [-0.4, -0.2) is 44.3 Å². The lowest BCUT2D eigenvalue weighted by molar-refractivity contribution is 0.512. The zero-order valence-corrected chi connectivity index (χ0v) is 9.97. The van der Waals surface area contributed by atoms with E-state index in [1.54, 1.807) is 23.3 Å². The van der Waals surface area contributed by atoms with Crippen LogP contribution in [0.5, 0.6) is 0 Å². The summed E-state index contributed by atoms with van der Waals surface area (Å²) < 4.78 is 13.8. The highest BCUT2D eigenvalue weighted by molar-refractivity contribution is 5.37. The molecule has 0 unspecified atom stereocenters. The Balaban J connectivity index is 2.30. The molecule has 18 heavy (non-hydrogen) atoms. The minimum absolute atomic E-state index is 0.166. The fourth-order valence-electron chi connectivity index (χ4n) is 1.33. The van der Waals surface area contributed by atoms with Crippen molar-refractivity contribution in [2.45, 2.75) is 6.92 Å². The van der Waals surface area contributed by atoms with Crippen LogP contribution in [0, 0.1) is 0 Å². The Hall–Kier alpha value is -2.25. The van der Waals surface area contributed by atoms with E-state index in [0.29, 0.717) is 24.4 Å². The third kappa shape index (κ3) is 2.90. The maximum Gasteiger partial charge on any atom is 0.241 e. The largest absolute Gasteiger partial charge is 0.354 e. The molecule has 2 aromatic heterocycles. The second-order valence-electron chi connectivity index (χ2n) is 3.40. The monoisotopic (exact) mass is 251 g/mol. The van der Waals surface area contributed by atoms with Gasteiger partial charge in [0.25, 0.3) is 0 Å². The van der Waals surface area contributed by atoms with Crippen LogP contribution in [0.3, 0.4) is 0 Å². The minimum Gasteiger partial charge on any atom is -0.354 e. The Morgan fingerprint density at radius 2 is 2.00 bits per heavy atom. The van der Waals surface area contributed by atoms with Crippen LogP contribution in [0.2, 0.25) is 0 Å². The molecule has 0 radical (unpaired) electrons. The van der Waals surface area contributed by atoms with Gasteiger partial charge in [-0.15, -0.1) is 0 Å². The van der Waals surface area contributed by atoms with Crippen molar-refractivity contribution in [3.8, 4) is 5.95 Å². The molecule has 7 nitrogen and oxygen atoms in total. The van der Waals surface area contributed by atoms with E-state index >= 15 is 0 Å². The lowest BCUT2D eigenvalue weighted by Gasteiger charge is -2.08. The van der Waals surface area contributed by atoms with E-state index in [1.807, 2.05) is 6.92 Å². The zero-order valence-electron chi connectivity index (χ0n) is 9.97. The summed E-state index contributed by atoms with van der Waals surface area (Å²) in [4.78, 5) is 16.5. The quantitative estimate of drug-likeness (QED) is 0.793. The van der Waals surface area contributed by atoms with Crippen LogP contribution in [0.25, 0.3) is 5.95 Å². The van der Waals surface area contributed by atoms with Gasteiger partial charge >= 0.3 is 0 Å². The normalized spacial score (nSPS) is 10.3. The van der Waals surface area contributed by atoms with Crippen molar-refractivity contribution in [3.05, 3.63) is 18.7 Å². The first-order valence-electron chi connectivity index (χ1n) is 5.61. The fourth-order valence-corrected chi connectivity index (χ4v) is 1.33. The van der Waals surface area contributed by atoms with Crippen molar-refractivity contribution >= 4 is 11.9 Å². The van der Waals surface area contributed by atoms with Crippen molar-refractivity contribution in [2.24, 2.45) is 0 Å². The molecular weight excluding hydrogens is 237 g/mol. The van der Waals surface area contributed by atoms with Crippen molar-refractivity contribution in [3.63, 3.8) is 0 Å². The van der Waals surface area contributed by atoms with Crippen LogP contribution >= 0.6 is 0 Å².